The number of halogens is 1. The second kappa shape index (κ2) is 8.74. The molecule has 3 aliphatic rings. The van der Waals surface area contributed by atoms with Crippen LogP contribution in [0.25, 0.3) is 5.78 Å². The van der Waals surface area contributed by atoms with Gasteiger partial charge < -0.3 is 15.3 Å². The molecule has 0 bridgehead atoms. The zero-order chi connectivity index (χ0) is 25.1. The summed E-state index contributed by atoms with van der Waals surface area (Å²) in [7, 11) is 0. The summed E-state index contributed by atoms with van der Waals surface area (Å²) in [6.07, 6.45) is 12.3. The molecule has 2 N–H and O–H groups in total. The van der Waals surface area contributed by atoms with Crippen molar-refractivity contribution in [1.82, 2.24) is 29.3 Å². The van der Waals surface area contributed by atoms with Gasteiger partial charge in [0.25, 0.3) is 0 Å². The lowest BCUT2D eigenvalue weighted by molar-refractivity contribution is -0.117. The van der Waals surface area contributed by atoms with Gasteiger partial charge in [-0.1, -0.05) is 11.6 Å². The molecular weight excluding hydrogens is 492 g/mol. The topological polar surface area (TPSA) is 121 Å². The average molecular weight is 517 g/mol. The Labute approximate surface area is 217 Å². The van der Waals surface area contributed by atoms with Gasteiger partial charge in [-0.3, -0.25) is 14.2 Å². The summed E-state index contributed by atoms with van der Waals surface area (Å²) in [5.74, 6) is 2.08. The van der Waals surface area contributed by atoms with Crippen LogP contribution in [0.5, 0.6) is 0 Å². The number of fused-ring (bicyclic) bond motifs is 1. The number of aliphatic hydroxyl groups is 1. The highest BCUT2D eigenvalue weighted by Crippen LogP contribution is 2.47. The first-order valence-corrected chi connectivity index (χ1v) is 12.9. The van der Waals surface area contributed by atoms with E-state index < -0.39 is 6.10 Å². The monoisotopic (exact) mass is 516 g/mol. The number of nitrogens with one attached hydrogen (secondary N) is 1. The van der Waals surface area contributed by atoms with Gasteiger partial charge in [-0.15, -0.1) is 0 Å². The highest BCUT2D eigenvalue weighted by atomic mass is 35.5. The maximum absolute atomic E-state index is 12.9. The van der Waals surface area contributed by atoms with Gasteiger partial charge in [0, 0.05) is 66.4 Å². The van der Waals surface area contributed by atoms with Crippen molar-refractivity contribution in [3.8, 4) is 0 Å². The average Bonchev–Trinajstić information content (AvgIpc) is 3.81. The highest BCUT2D eigenvalue weighted by molar-refractivity contribution is 6.30. The normalized spacial score (nSPS) is 25.0. The van der Waals surface area contributed by atoms with Gasteiger partial charge in [0.05, 0.1) is 17.8 Å². The number of carbonyl (C=O) groups is 1. The third-order valence-corrected chi connectivity index (χ3v) is 7.70. The molecule has 3 fully saturated rings. The maximum atomic E-state index is 12.9. The van der Waals surface area contributed by atoms with E-state index in [-0.39, 0.29) is 23.8 Å². The van der Waals surface area contributed by atoms with E-state index in [9.17, 15) is 9.90 Å². The van der Waals surface area contributed by atoms with E-state index >= 15 is 0 Å². The Balaban J connectivity index is 1.09. The number of aliphatic hydroxyl groups excluding tert-OH is 1. The fourth-order valence-electron chi connectivity index (χ4n) is 5.28. The summed E-state index contributed by atoms with van der Waals surface area (Å²) in [5.41, 5.74) is 2.90. The number of nitrogens with zero attached hydrogens (tertiary/aromatic N) is 7. The Morgan fingerprint density at radius 1 is 1.08 bits per heavy atom. The summed E-state index contributed by atoms with van der Waals surface area (Å²) in [6.45, 7) is 0.412. The molecule has 1 aliphatic heterocycles. The lowest BCUT2D eigenvalue weighted by atomic mass is 10.1. The van der Waals surface area contributed by atoms with Crippen LogP contribution in [0.2, 0.25) is 5.02 Å². The van der Waals surface area contributed by atoms with Crippen LogP contribution >= 0.6 is 11.6 Å². The molecule has 0 aromatic carbocycles. The molecule has 1 amide bonds. The number of aromatic nitrogens is 6. The van der Waals surface area contributed by atoms with E-state index in [4.69, 9.17) is 16.6 Å². The van der Waals surface area contributed by atoms with Gasteiger partial charge in [0.2, 0.25) is 11.7 Å². The molecule has 0 spiro atoms. The maximum Gasteiger partial charge on any atom is 0.234 e. The van der Waals surface area contributed by atoms with Gasteiger partial charge in [-0.25, -0.2) is 19.9 Å². The highest BCUT2D eigenvalue weighted by Gasteiger charge is 2.45. The molecule has 10 nitrogen and oxygen atoms in total. The largest absolute Gasteiger partial charge is 0.391 e. The number of β-amino-alcohol motifs (C(OH)–C–C–N with tert-alkyl or cyclic N) is 1. The standard InChI is InChI=1S/C26H25ClN8O2/c27-16-3-4-28-20(5-16)18-7-19(18)25(37)33-23-8-24(31-13-30-23)35-11-17(36)6-22(35)21-12-34-10-15(14-1-2-14)9-29-26(34)32-21/h3-5,8-10,12-14,17-19,22,36H,1-2,6-7,11H2,(H,30,31,33,37)/t17-,18?,19?,22+/m0/s1. The first-order valence-electron chi connectivity index (χ1n) is 12.6. The first kappa shape index (κ1) is 22.6. The second-order valence-electron chi connectivity index (χ2n) is 10.2. The number of hydrogen-bond acceptors (Lipinski definition) is 8. The van der Waals surface area contributed by atoms with E-state index in [1.165, 1.54) is 24.7 Å². The SMILES string of the molecule is O=C(Nc1cc(N2C[C@@H](O)C[C@@H]2c2cn3cc(C4CC4)cnc3n2)ncn1)C1CC1c1cc(Cl)ccn1. The zero-order valence-corrected chi connectivity index (χ0v) is 20.7. The molecule has 11 heteroatoms. The van der Waals surface area contributed by atoms with E-state index in [0.29, 0.717) is 41.3 Å². The first-order chi connectivity index (χ1) is 18.0. The Hall–Kier alpha value is -3.63. The number of rotatable bonds is 6. The predicted octanol–water partition coefficient (Wildman–Crippen LogP) is 3.50. The summed E-state index contributed by atoms with van der Waals surface area (Å²) in [5, 5.41) is 14.1. The molecule has 4 aromatic rings. The number of hydrogen-bond donors (Lipinski definition) is 2. The van der Waals surface area contributed by atoms with Crippen LogP contribution in [0.15, 0.2) is 49.3 Å². The van der Waals surface area contributed by atoms with Crippen LogP contribution < -0.4 is 10.2 Å². The van der Waals surface area contributed by atoms with Crippen molar-refractivity contribution < 1.29 is 9.90 Å². The van der Waals surface area contributed by atoms with E-state index in [0.717, 1.165) is 17.8 Å². The Bertz CT molecular complexity index is 1500. The molecule has 2 saturated carbocycles. The molecule has 4 aromatic heterocycles. The Kier molecular flexibility index (Phi) is 5.33. The third-order valence-electron chi connectivity index (χ3n) is 7.47. The van der Waals surface area contributed by atoms with Crippen molar-refractivity contribution in [3.63, 3.8) is 0 Å². The number of anilines is 2. The minimum absolute atomic E-state index is 0.0576. The van der Waals surface area contributed by atoms with E-state index in [1.807, 2.05) is 27.8 Å². The number of imidazole rings is 1. The molecule has 37 heavy (non-hydrogen) atoms. The number of pyridine rings is 1. The van der Waals surface area contributed by atoms with Crippen molar-refractivity contribution >= 4 is 34.9 Å². The fourth-order valence-corrected chi connectivity index (χ4v) is 5.45. The van der Waals surface area contributed by atoms with Crippen LogP contribution in [-0.2, 0) is 4.79 Å². The minimum Gasteiger partial charge on any atom is -0.391 e. The third kappa shape index (κ3) is 4.40. The zero-order valence-electron chi connectivity index (χ0n) is 19.9. The molecule has 7 rings (SSSR count). The minimum atomic E-state index is -0.518. The van der Waals surface area contributed by atoms with Crippen LogP contribution in [-0.4, -0.2) is 53.0 Å². The summed E-state index contributed by atoms with van der Waals surface area (Å²) in [6, 6.07) is 5.11. The lowest BCUT2D eigenvalue weighted by Gasteiger charge is -2.24. The smallest absolute Gasteiger partial charge is 0.234 e. The quantitative estimate of drug-likeness (QED) is 0.399. The van der Waals surface area contributed by atoms with Crippen LogP contribution in [0.1, 0.15) is 60.5 Å². The molecule has 2 unspecified atom stereocenters. The Morgan fingerprint density at radius 3 is 2.81 bits per heavy atom. The number of amides is 1. The molecule has 188 valence electrons. The Morgan fingerprint density at radius 2 is 1.97 bits per heavy atom. The molecule has 5 heterocycles. The van der Waals surface area contributed by atoms with Gasteiger partial charge in [-0.05, 0) is 42.9 Å². The van der Waals surface area contributed by atoms with E-state index in [2.05, 4.69) is 31.4 Å². The van der Waals surface area contributed by atoms with Crippen LogP contribution in [0.4, 0.5) is 11.6 Å². The molecule has 1 saturated heterocycles. The predicted molar refractivity (Wildman–Crippen MR) is 136 cm³/mol. The number of carbonyl (C=O) groups excluding carboxylic acids is 1. The fraction of sp³-hybridized carbons (Fsp3) is 0.385. The van der Waals surface area contributed by atoms with Crippen LogP contribution in [0, 0.1) is 5.92 Å². The van der Waals surface area contributed by atoms with E-state index in [1.54, 1.807) is 18.3 Å². The van der Waals surface area contributed by atoms with Crippen molar-refractivity contribution in [2.45, 2.75) is 49.7 Å². The van der Waals surface area contributed by atoms with Crippen LogP contribution in [0.3, 0.4) is 0 Å². The van der Waals surface area contributed by atoms with Crippen molar-refractivity contribution in [3.05, 3.63) is 71.3 Å². The summed E-state index contributed by atoms with van der Waals surface area (Å²) < 4.78 is 1.97. The van der Waals surface area contributed by atoms with Crippen molar-refractivity contribution in [2.24, 2.45) is 5.92 Å². The summed E-state index contributed by atoms with van der Waals surface area (Å²) >= 11 is 6.08. The van der Waals surface area contributed by atoms with Crippen molar-refractivity contribution in [1.29, 1.82) is 0 Å². The van der Waals surface area contributed by atoms with Gasteiger partial charge in [-0.2, -0.15) is 0 Å². The second-order valence-corrected chi connectivity index (χ2v) is 10.6. The molecule has 0 radical (unpaired) electrons. The van der Waals surface area contributed by atoms with Gasteiger partial charge in [0.1, 0.15) is 18.0 Å². The van der Waals surface area contributed by atoms with Gasteiger partial charge in [0.15, 0.2) is 0 Å². The molecule has 4 atom stereocenters. The molecular formula is C26H25ClN8O2. The summed E-state index contributed by atoms with van der Waals surface area (Å²) in [4.78, 5) is 37.2. The van der Waals surface area contributed by atoms with Gasteiger partial charge >= 0.3 is 0 Å². The van der Waals surface area contributed by atoms with Crippen molar-refractivity contribution in [2.75, 3.05) is 16.8 Å². The lowest BCUT2D eigenvalue weighted by Crippen LogP contribution is -2.26. The molecule has 2 aliphatic carbocycles.